The zero-order chi connectivity index (χ0) is 30.0. The number of hydrogen-bond donors (Lipinski definition) is 0. The number of benzene rings is 2. The first kappa shape index (κ1) is 27.7. The Morgan fingerprint density at radius 3 is 2.17 bits per heavy atom. The Hall–Kier alpha value is -5.82. The molecule has 1 atom stereocenters. The van der Waals surface area contributed by atoms with Crippen molar-refractivity contribution in [2.24, 2.45) is 5.41 Å². The molecule has 0 heterocycles. The van der Waals surface area contributed by atoms with Crippen molar-refractivity contribution < 1.29 is 9.59 Å². The molecule has 0 aromatic heterocycles. The van der Waals surface area contributed by atoms with E-state index >= 15 is 0 Å². The normalized spacial score (nSPS) is 20.9. The van der Waals surface area contributed by atoms with E-state index in [4.69, 9.17) is 13.1 Å². The highest BCUT2D eigenvalue weighted by Gasteiger charge is 2.36. The molecule has 6 nitrogen and oxygen atoms in total. The molecule has 0 saturated carbocycles. The van der Waals surface area contributed by atoms with Gasteiger partial charge in [-0.05, 0) is 40.5 Å². The van der Waals surface area contributed by atoms with Gasteiger partial charge in [0.2, 0.25) is 0 Å². The topological polar surface area (TPSA) is 90.4 Å². The number of nitriles is 2. The summed E-state index contributed by atoms with van der Waals surface area (Å²) in [5, 5.41) is 19.2. The first-order chi connectivity index (χ1) is 20.2. The number of carbonyl (C=O) groups is 2. The minimum atomic E-state index is -1.08. The summed E-state index contributed by atoms with van der Waals surface area (Å²) in [6.45, 7) is 19.3. The number of nitrogens with zero attached hydrogens (tertiary/aromatic N) is 4. The van der Waals surface area contributed by atoms with E-state index in [9.17, 15) is 20.1 Å². The standard InChI is InChI=1S/C36H24N4O2/c1-36(2)18-22(13-15-28-32(30(20-37)39-3)24-9-5-7-11-26(24)34(28)41)17-23(19-36)14-16-29-33(31(21-38)40-4)25-10-6-8-12-27(25)35(29)42/h5-17,30H,18-19H2,1-2H3/b15-13+,23-14-,29-16?,33-31?. The molecule has 3 aliphatic carbocycles. The third-order valence-electron chi connectivity index (χ3n) is 7.60. The summed E-state index contributed by atoms with van der Waals surface area (Å²) in [5.41, 5.74) is 5.29. The van der Waals surface area contributed by atoms with E-state index in [1.165, 1.54) is 0 Å². The van der Waals surface area contributed by atoms with Crippen LogP contribution in [-0.2, 0) is 0 Å². The molecule has 42 heavy (non-hydrogen) atoms. The lowest BCUT2D eigenvalue weighted by Crippen LogP contribution is -2.16. The van der Waals surface area contributed by atoms with Crippen LogP contribution in [0.4, 0.5) is 0 Å². The molecule has 2 aromatic carbocycles. The molecule has 0 amide bonds. The zero-order valence-electron chi connectivity index (χ0n) is 23.1. The maximum atomic E-state index is 13.3. The summed E-state index contributed by atoms with van der Waals surface area (Å²) in [4.78, 5) is 33.4. The van der Waals surface area contributed by atoms with Crippen molar-refractivity contribution in [2.45, 2.75) is 32.7 Å². The Kier molecular flexibility index (Phi) is 7.25. The fraction of sp³-hybridized carbons (Fsp3) is 0.167. The highest BCUT2D eigenvalue weighted by molar-refractivity contribution is 6.27. The fourth-order valence-electron chi connectivity index (χ4n) is 5.90. The second-order valence-electron chi connectivity index (χ2n) is 11.1. The largest absolute Gasteiger partial charge is 0.333 e. The summed E-state index contributed by atoms with van der Waals surface area (Å²) >= 11 is 0. The minimum Gasteiger partial charge on any atom is -0.292 e. The molecule has 0 N–H and O–H groups in total. The molecule has 0 fully saturated rings. The van der Waals surface area contributed by atoms with Crippen LogP contribution in [0.1, 0.15) is 58.5 Å². The van der Waals surface area contributed by atoms with Gasteiger partial charge in [-0.3, -0.25) is 14.4 Å². The number of fused-ring (bicyclic) bond motifs is 2. The Balaban J connectivity index is 1.56. The highest BCUT2D eigenvalue weighted by Crippen LogP contribution is 2.42. The van der Waals surface area contributed by atoms with E-state index in [2.05, 4.69) is 23.5 Å². The number of allylic oxidation sites excluding steroid dienone is 11. The lowest BCUT2D eigenvalue weighted by atomic mass is 9.75. The molecule has 0 radical (unpaired) electrons. The van der Waals surface area contributed by atoms with Crippen LogP contribution in [0, 0.1) is 41.2 Å². The average molecular weight is 545 g/mol. The van der Waals surface area contributed by atoms with E-state index in [-0.39, 0.29) is 22.7 Å². The number of rotatable bonds is 4. The summed E-state index contributed by atoms with van der Waals surface area (Å²) < 4.78 is 0. The average Bonchev–Trinajstić information content (AvgIpc) is 3.42. The van der Waals surface area contributed by atoms with Crippen molar-refractivity contribution >= 4 is 22.7 Å². The zero-order valence-corrected chi connectivity index (χ0v) is 23.1. The molecule has 0 aliphatic heterocycles. The molecule has 0 spiro atoms. The monoisotopic (exact) mass is 544 g/mol. The van der Waals surface area contributed by atoms with Gasteiger partial charge in [-0.2, -0.15) is 5.26 Å². The van der Waals surface area contributed by atoms with Crippen molar-refractivity contribution in [3.63, 3.8) is 0 Å². The van der Waals surface area contributed by atoms with Gasteiger partial charge in [-0.15, -0.1) is 0 Å². The quantitative estimate of drug-likeness (QED) is 0.225. The second kappa shape index (κ2) is 11.0. The van der Waals surface area contributed by atoms with Crippen LogP contribution in [-0.4, -0.2) is 17.6 Å². The van der Waals surface area contributed by atoms with E-state index in [1.54, 1.807) is 60.7 Å². The second-order valence-corrected chi connectivity index (χ2v) is 11.1. The minimum absolute atomic E-state index is 0.123. The number of carbonyl (C=O) groups excluding carboxylic acids is 2. The van der Waals surface area contributed by atoms with Gasteiger partial charge < -0.3 is 0 Å². The molecular formula is C36H24N4O2. The van der Waals surface area contributed by atoms with Crippen LogP contribution >= 0.6 is 0 Å². The number of hydrogen-bond acceptors (Lipinski definition) is 4. The molecule has 0 saturated heterocycles. The molecule has 3 aliphatic rings. The van der Waals surface area contributed by atoms with Gasteiger partial charge in [0, 0.05) is 27.8 Å². The Labute approximate surface area is 244 Å². The SMILES string of the molecule is [C-]#[N+]C(C#N)=C1C(=C/C=C2C=C(/C=C/C3=C(C(C#N)[N+]#[C-])c4ccccc4C3=O)CC(C)(C)C/2)C(=O)c2ccccc21. The van der Waals surface area contributed by atoms with Crippen LogP contribution in [0.2, 0.25) is 0 Å². The van der Waals surface area contributed by atoms with Crippen molar-refractivity contribution in [1.82, 2.24) is 0 Å². The number of Topliss-reactive ketones (excluding diaryl/α,β-unsaturated/α-hetero) is 2. The predicted molar refractivity (Wildman–Crippen MR) is 160 cm³/mol. The van der Waals surface area contributed by atoms with Gasteiger partial charge in [0.25, 0.3) is 5.70 Å². The van der Waals surface area contributed by atoms with E-state index in [0.717, 1.165) is 24.0 Å². The van der Waals surface area contributed by atoms with E-state index in [0.29, 0.717) is 44.5 Å². The molecule has 2 aromatic rings. The van der Waals surface area contributed by atoms with Gasteiger partial charge >= 0.3 is 6.04 Å². The van der Waals surface area contributed by atoms with Crippen molar-refractivity contribution in [2.75, 3.05) is 0 Å². The predicted octanol–water partition coefficient (Wildman–Crippen LogP) is 7.65. The van der Waals surface area contributed by atoms with Crippen molar-refractivity contribution in [3.8, 4) is 12.1 Å². The Morgan fingerprint density at radius 2 is 1.55 bits per heavy atom. The van der Waals surface area contributed by atoms with Crippen LogP contribution < -0.4 is 0 Å². The first-order valence-corrected chi connectivity index (χ1v) is 13.3. The fourth-order valence-corrected chi connectivity index (χ4v) is 5.90. The molecule has 1 unspecified atom stereocenters. The Bertz CT molecular complexity index is 1900. The summed E-state index contributed by atoms with van der Waals surface area (Å²) in [7, 11) is 0. The lowest BCUT2D eigenvalue weighted by Gasteiger charge is -2.30. The molecule has 6 heteroatoms. The molecule has 0 bridgehead atoms. The Morgan fingerprint density at radius 1 is 0.905 bits per heavy atom. The highest BCUT2D eigenvalue weighted by atomic mass is 16.1. The molecule has 200 valence electrons. The summed E-state index contributed by atoms with van der Waals surface area (Å²) in [6.07, 6.45) is 10.6. The molecular weight excluding hydrogens is 520 g/mol. The van der Waals surface area contributed by atoms with Crippen LogP contribution in [0.15, 0.2) is 107 Å². The smallest absolute Gasteiger partial charge is 0.292 e. The summed E-state index contributed by atoms with van der Waals surface area (Å²) in [6, 6.07) is 16.9. The lowest BCUT2D eigenvalue weighted by molar-refractivity contribution is 0.103. The third-order valence-corrected chi connectivity index (χ3v) is 7.60. The van der Waals surface area contributed by atoms with Gasteiger partial charge in [0.15, 0.2) is 17.6 Å². The van der Waals surface area contributed by atoms with Crippen LogP contribution in [0.3, 0.4) is 0 Å². The van der Waals surface area contributed by atoms with Gasteiger partial charge in [-0.1, -0.05) is 92.8 Å². The van der Waals surface area contributed by atoms with Gasteiger partial charge in [-0.25, -0.2) is 16.7 Å². The van der Waals surface area contributed by atoms with Crippen LogP contribution in [0.5, 0.6) is 0 Å². The van der Waals surface area contributed by atoms with Crippen molar-refractivity contribution in [1.29, 1.82) is 10.5 Å². The summed E-state index contributed by atoms with van der Waals surface area (Å²) in [5.74, 6) is -0.428. The van der Waals surface area contributed by atoms with Crippen LogP contribution in [0.25, 0.3) is 20.8 Å². The van der Waals surface area contributed by atoms with E-state index in [1.807, 2.05) is 30.4 Å². The van der Waals surface area contributed by atoms with Crippen molar-refractivity contribution in [3.05, 3.63) is 152 Å². The third kappa shape index (κ3) is 4.84. The maximum absolute atomic E-state index is 13.3. The van der Waals surface area contributed by atoms with Gasteiger partial charge in [0.05, 0.1) is 18.2 Å². The molecule has 5 rings (SSSR count). The first-order valence-electron chi connectivity index (χ1n) is 13.3. The number of ketones is 2. The maximum Gasteiger partial charge on any atom is 0.333 e. The van der Waals surface area contributed by atoms with E-state index < -0.39 is 6.04 Å². The van der Waals surface area contributed by atoms with Gasteiger partial charge in [0.1, 0.15) is 0 Å².